The number of rotatable bonds is 10. The van der Waals surface area contributed by atoms with Crippen LogP contribution >= 0.6 is 34.2 Å². The van der Waals surface area contributed by atoms with Gasteiger partial charge in [0.25, 0.3) is 5.91 Å². The topological polar surface area (TPSA) is 80.6 Å². The third kappa shape index (κ3) is 8.01. The number of hydrogen-bond acceptors (Lipinski definition) is 5. The summed E-state index contributed by atoms with van der Waals surface area (Å²) in [7, 11) is 1.55. The van der Waals surface area contributed by atoms with Crippen molar-refractivity contribution >= 4 is 51.9 Å². The Balaban J connectivity index is 1.41. The van der Waals surface area contributed by atoms with Gasteiger partial charge in [0.2, 0.25) is 0 Å². The van der Waals surface area contributed by atoms with Crippen LogP contribution in [-0.2, 0) is 18.0 Å². The molecule has 40 heavy (non-hydrogen) atoms. The molecule has 0 aliphatic rings. The second-order valence-electron chi connectivity index (χ2n) is 8.88. The Labute approximate surface area is 252 Å². The maximum absolute atomic E-state index is 12.9. The summed E-state index contributed by atoms with van der Waals surface area (Å²) in [6.45, 7) is 2.81. The van der Waals surface area contributed by atoms with Crippen molar-refractivity contribution in [3.63, 3.8) is 0 Å². The fourth-order valence-electron chi connectivity index (χ4n) is 3.82. The number of aryl methyl sites for hydroxylation is 1. The molecule has 0 radical (unpaired) electrons. The number of ether oxygens (including phenoxy) is 3. The number of halogens is 2. The van der Waals surface area contributed by atoms with Crippen LogP contribution in [0.3, 0.4) is 0 Å². The van der Waals surface area contributed by atoms with E-state index in [1.165, 1.54) is 6.08 Å². The lowest BCUT2D eigenvalue weighted by Crippen LogP contribution is -2.13. The molecule has 1 amide bonds. The smallest absolute Gasteiger partial charge is 0.266 e. The second-order valence-corrected chi connectivity index (χ2v) is 10.5. The largest absolute Gasteiger partial charge is 0.493 e. The molecule has 0 aromatic heterocycles. The molecule has 0 saturated carbocycles. The van der Waals surface area contributed by atoms with Gasteiger partial charge in [0.1, 0.15) is 30.6 Å². The highest BCUT2D eigenvalue weighted by Gasteiger charge is 2.14. The molecule has 4 aromatic rings. The first-order chi connectivity index (χ1) is 19.3. The Morgan fingerprint density at radius 3 is 2.38 bits per heavy atom. The van der Waals surface area contributed by atoms with E-state index in [4.69, 9.17) is 25.8 Å². The van der Waals surface area contributed by atoms with Crippen molar-refractivity contribution in [2.45, 2.75) is 20.1 Å². The van der Waals surface area contributed by atoms with Crippen LogP contribution in [0, 0.1) is 21.8 Å². The van der Waals surface area contributed by atoms with Crippen molar-refractivity contribution < 1.29 is 19.0 Å². The number of nitrogens with zero attached hydrogens (tertiary/aromatic N) is 1. The third-order valence-electron chi connectivity index (χ3n) is 5.82. The van der Waals surface area contributed by atoms with E-state index in [1.807, 2.05) is 61.5 Å². The van der Waals surface area contributed by atoms with Gasteiger partial charge in [0.15, 0.2) is 11.5 Å². The van der Waals surface area contributed by atoms with Gasteiger partial charge < -0.3 is 19.5 Å². The van der Waals surface area contributed by atoms with Gasteiger partial charge in [-0.3, -0.25) is 4.79 Å². The number of nitriles is 1. The van der Waals surface area contributed by atoms with Crippen LogP contribution < -0.4 is 19.5 Å². The van der Waals surface area contributed by atoms with Crippen LogP contribution in [0.4, 0.5) is 5.69 Å². The zero-order chi connectivity index (χ0) is 28.5. The summed E-state index contributed by atoms with van der Waals surface area (Å²) in [5.41, 5.74) is 4.33. The van der Waals surface area contributed by atoms with Crippen LogP contribution in [0.5, 0.6) is 17.2 Å². The quantitative estimate of drug-likeness (QED) is 0.106. The van der Waals surface area contributed by atoms with Crippen molar-refractivity contribution in [1.82, 2.24) is 0 Å². The molecule has 0 spiro atoms. The Morgan fingerprint density at radius 2 is 1.70 bits per heavy atom. The van der Waals surface area contributed by atoms with E-state index in [-0.39, 0.29) is 5.57 Å². The fraction of sp³-hybridized carbons (Fsp3) is 0.125. The molecule has 4 aromatic carbocycles. The van der Waals surface area contributed by atoms with Crippen molar-refractivity contribution in [1.29, 1.82) is 5.26 Å². The standard InChI is InChI=1S/C32H26ClIN2O4/c1-21-4-3-5-23(14-21)20-40-31-29(34)16-24(17-30(31)38-2)15-25(18-35)32(37)36-27-10-12-28(13-11-27)39-19-22-6-8-26(33)9-7-22/h3-17H,19-20H2,1-2H3,(H,36,37)/b25-15+. The average Bonchev–Trinajstić information content (AvgIpc) is 2.95. The molecule has 8 heteroatoms. The van der Waals surface area contributed by atoms with Crippen molar-refractivity contribution in [3.8, 4) is 23.3 Å². The van der Waals surface area contributed by atoms with E-state index >= 15 is 0 Å². The van der Waals surface area contributed by atoms with E-state index in [9.17, 15) is 10.1 Å². The van der Waals surface area contributed by atoms with E-state index in [0.717, 1.165) is 20.3 Å². The molecule has 4 rings (SSSR count). The molecule has 0 fully saturated rings. The number of anilines is 1. The van der Waals surface area contributed by atoms with E-state index in [1.54, 1.807) is 37.4 Å². The second kappa shape index (κ2) is 13.9. The number of carbonyl (C=O) groups excluding carboxylic acids is 1. The lowest BCUT2D eigenvalue weighted by atomic mass is 10.1. The first kappa shape index (κ1) is 29.0. The zero-order valence-corrected chi connectivity index (χ0v) is 24.8. The van der Waals surface area contributed by atoms with E-state index < -0.39 is 5.91 Å². The van der Waals surface area contributed by atoms with Crippen LogP contribution in [0.2, 0.25) is 5.02 Å². The summed E-state index contributed by atoms with van der Waals surface area (Å²) in [4.78, 5) is 12.9. The summed E-state index contributed by atoms with van der Waals surface area (Å²) < 4.78 is 18.2. The molecule has 0 aliphatic carbocycles. The predicted octanol–water partition coefficient (Wildman–Crippen LogP) is 7.97. The van der Waals surface area contributed by atoms with E-state index in [0.29, 0.717) is 46.7 Å². The van der Waals surface area contributed by atoms with Crippen LogP contribution in [0.25, 0.3) is 6.08 Å². The van der Waals surface area contributed by atoms with Gasteiger partial charge in [0, 0.05) is 10.7 Å². The summed E-state index contributed by atoms with van der Waals surface area (Å²) >= 11 is 8.08. The van der Waals surface area contributed by atoms with Crippen molar-refractivity contribution in [2.24, 2.45) is 0 Å². The van der Waals surface area contributed by atoms with Crippen LogP contribution in [0.1, 0.15) is 22.3 Å². The number of amides is 1. The normalized spacial score (nSPS) is 10.9. The predicted molar refractivity (Wildman–Crippen MR) is 166 cm³/mol. The maximum atomic E-state index is 12.9. The van der Waals surface area contributed by atoms with Gasteiger partial charge in [-0.15, -0.1) is 0 Å². The van der Waals surface area contributed by atoms with Crippen molar-refractivity contribution in [3.05, 3.63) is 121 Å². The molecule has 202 valence electrons. The summed E-state index contributed by atoms with van der Waals surface area (Å²) in [5.74, 6) is 1.24. The number of benzene rings is 4. The highest BCUT2D eigenvalue weighted by atomic mass is 127. The lowest BCUT2D eigenvalue weighted by molar-refractivity contribution is -0.112. The molecular weight excluding hydrogens is 639 g/mol. The molecular formula is C32H26ClIN2O4. The SMILES string of the molecule is COc1cc(/C=C(\C#N)C(=O)Nc2ccc(OCc3ccc(Cl)cc3)cc2)cc(I)c1OCc1cccc(C)c1. The highest BCUT2D eigenvalue weighted by molar-refractivity contribution is 14.1. The summed E-state index contributed by atoms with van der Waals surface area (Å²) in [5, 5.41) is 13.1. The summed E-state index contributed by atoms with van der Waals surface area (Å²) in [6, 6.07) is 28.0. The van der Waals surface area contributed by atoms with Gasteiger partial charge in [0.05, 0.1) is 10.7 Å². The minimum atomic E-state index is -0.522. The Bertz CT molecular complexity index is 1560. The lowest BCUT2D eigenvalue weighted by Gasteiger charge is -2.14. The number of carbonyl (C=O) groups is 1. The summed E-state index contributed by atoms with van der Waals surface area (Å²) in [6.07, 6.45) is 1.52. The zero-order valence-electron chi connectivity index (χ0n) is 21.9. The molecule has 0 aliphatic heterocycles. The maximum Gasteiger partial charge on any atom is 0.266 e. The Hall–Kier alpha value is -4.00. The first-order valence-corrected chi connectivity index (χ1v) is 13.8. The van der Waals surface area contributed by atoms with Gasteiger partial charge in [-0.25, -0.2) is 0 Å². The highest BCUT2D eigenvalue weighted by Crippen LogP contribution is 2.35. The van der Waals surface area contributed by atoms with Crippen LogP contribution in [-0.4, -0.2) is 13.0 Å². The first-order valence-electron chi connectivity index (χ1n) is 12.3. The number of methoxy groups -OCH3 is 1. The molecule has 0 bridgehead atoms. The fourth-order valence-corrected chi connectivity index (χ4v) is 4.72. The minimum absolute atomic E-state index is 0.0469. The Kier molecular flexibility index (Phi) is 10.1. The molecule has 0 atom stereocenters. The monoisotopic (exact) mass is 664 g/mol. The molecule has 6 nitrogen and oxygen atoms in total. The third-order valence-corrected chi connectivity index (χ3v) is 6.88. The van der Waals surface area contributed by atoms with Crippen molar-refractivity contribution in [2.75, 3.05) is 12.4 Å². The molecule has 0 saturated heterocycles. The van der Waals surface area contributed by atoms with Gasteiger partial charge in [-0.05, 0) is 101 Å². The number of hydrogen-bond donors (Lipinski definition) is 1. The van der Waals surface area contributed by atoms with Crippen LogP contribution in [0.15, 0.2) is 90.5 Å². The van der Waals surface area contributed by atoms with E-state index in [2.05, 4.69) is 34.0 Å². The van der Waals surface area contributed by atoms with Gasteiger partial charge >= 0.3 is 0 Å². The Morgan fingerprint density at radius 1 is 0.975 bits per heavy atom. The average molecular weight is 665 g/mol. The minimum Gasteiger partial charge on any atom is -0.493 e. The molecule has 1 N–H and O–H groups in total. The van der Waals surface area contributed by atoms with Gasteiger partial charge in [-0.1, -0.05) is 53.6 Å². The molecule has 0 heterocycles. The van der Waals surface area contributed by atoms with Gasteiger partial charge in [-0.2, -0.15) is 5.26 Å². The molecule has 0 unspecified atom stereocenters. The number of nitrogens with one attached hydrogen (secondary N) is 1.